The summed E-state index contributed by atoms with van der Waals surface area (Å²) in [5.41, 5.74) is 3.54. The van der Waals surface area contributed by atoms with Gasteiger partial charge in [0.1, 0.15) is 18.1 Å². The summed E-state index contributed by atoms with van der Waals surface area (Å²) in [7, 11) is 1.62. The second-order valence-electron chi connectivity index (χ2n) is 5.58. The minimum absolute atomic E-state index is 0.226. The van der Waals surface area contributed by atoms with Gasteiger partial charge in [0.25, 0.3) is 0 Å². The van der Waals surface area contributed by atoms with E-state index in [-0.39, 0.29) is 6.79 Å². The summed E-state index contributed by atoms with van der Waals surface area (Å²) in [4.78, 5) is 0. The van der Waals surface area contributed by atoms with Gasteiger partial charge in [-0.25, -0.2) is 0 Å². The zero-order chi connectivity index (χ0) is 16.5. The largest absolute Gasteiger partial charge is 0.489 e. The number of ether oxygens (including phenoxy) is 3. The summed E-state index contributed by atoms with van der Waals surface area (Å²) in [6, 6.07) is 16.1. The van der Waals surface area contributed by atoms with Crippen LogP contribution in [0.25, 0.3) is 0 Å². The van der Waals surface area contributed by atoms with Crippen LogP contribution in [-0.4, -0.2) is 13.9 Å². The van der Waals surface area contributed by atoms with Crippen LogP contribution in [0.15, 0.2) is 60.2 Å². The molecule has 0 saturated heterocycles. The lowest BCUT2D eigenvalue weighted by molar-refractivity contribution is 0.0503. The van der Waals surface area contributed by atoms with Crippen LogP contribution in [0, 0.1) is 0 Å². The van der Waals surface area contributed by atoms with E-state index < -0.39 is 0 Å². The van der Waals surface area contributed by atoms with Gasteiger partial charge < -0.3 is 14.2 Å². The molecule has 0 spiro atoms. The molecule has 3 nitrogen and oxygen atoms in total. The molecule has 2 aromatic rings. The Bertz CT molecular complexity index is 629. The topological polar surface area (TPSA) is 27.7 Å². The number of hydrogen-bond acceptors (Lipinski definition) is 3. The summed E-state index contributed by atoms with van der Waals surface area (Å²) in [6.45, 7) is 4.95. The molecule has 23 heavy (non-hydrogen) atoms. The van der Waals surface area contributed by atoms with Crippen molar-refractivity contribution < 1.29 is 14.2 Å². The molecule has 0 aromatic heterocycles. The fourth-order valence-electron chi connectivity index (χ4n) is 2.11. The fourth-order valence-corrected chi connectivity index (χ4v) is 2.11. The molecule has 0 aliphatic heterocycles. The van der Waals surface area contributed by atoms with Crippen molar-refractivity contribution in [3.63, 3.8) is 0 Å². The summed E-state index contributed by atoms with van der Waals surface area (Å²) in [5, 5.41) is 0. The summed E-state index contributed by atoms with van der Waals surface area (Å²) in [5.74, 6) is 1.59. The SMILES string of the molecule is COCOc1cc(OCc2ccccc2)ccc1CC=C(C)C. The maximum atomic E-state index is 5.86. The molecule has 0 amide bonds. The lowest BCUT2D eigenvalue weighted by Crippen LogP contribution is -2.02. The highest BCUT2D eigenvalue weighted by Gasteiger charge is 2.06. The van der Waals surface area contributed by atoms with Crippen molar-refractivity contribution in [1.82, 2.24) is 0 Å². The maximum Gasteiger partial charge on any atom is 0.188 e. The van der Waals surface area contributed by atoms with Crippen LogP contribution < -0.4 is 9.47 Å². The van der Waals surface area contributed by atoms with E-state index in [4.69, 9.17) is 14.2 Å². The molecule has 0 aliphatic carbocycles. The van der Waals surface area contributed by atoms with Gasteiger partial charge in [0.2, 0.25) is 0 Å². The quantitative estimate of drug-likeness (QED) is 0.520. The molecule has 0 aliphatic rings. The standard InChI is InChI=1S/C20H24O3/c1-16(2)9-10-18-11-12-19(13-20(18)23-15-21-3)22-14-17-7-5-4-6-8-17/h4-9,11-13H,10,14-15H2,1-3H3. The van der Waals surface area contributed by atoms with Crippen LogP contribution in [0.3, 0.4) is 0 Å². The number of benzene rings is 2. The van der Waals surface area contributed by atoms with Crippen molar-refractivity contribution in [2.24, 2.45) is 0 Å². The molecule has 0 heterocycles. The lowest BCUT2D eigenvalue weighted by Gasteiger charge is -2.13. The summed E-state index contributed by atoms with van der Waals surface area (Å²) in [6.07, 6.45) is 3.01. The first-order valence-corrected chi connectivity index (χ1v) is 7.74. The van der Waals surface area contributed by atoms with Gasteiger partial charge in [0.05, 0.1) is 0 Å². The molecule has 3 heteroatoms. The third kappa shape index (κ3) is 5.80. The monoisotopic (exact) mass is 312 g/mol. The van der Waals surface area contributed by atoms with Gasteiger partial charge in [0, 0.05) is 13.2 Å². The minimum atomic E-state index is 0.226. The smallest absolute Gasteiger partial charge is 0.188 e. The Morgan fingerprint density at radius 1 is 1.00 bits per heavy atom. The molecule has 2 aromatic carbocycles. The van der Waals surface area contributed by atoms with E-state index >= 15 is 0 Å². The third-order valence-electron chi connectivity index (χ3n) is 3.35. The zero-order valence-electron chi connectivity index (χ0n) is 14.0. The van der Waals surface area contributed by atoms with E-state index in [9.17, 15) is 0 Å². The van der Waals surface area contributed by atoms with Crippen molar-refractivity contribution in [3.05, 3.63) is 71.3 Å². The highest BCUT2D eigenvalue weighted by Crippen LogP contribution is 2.26. The first kappa shape index (κ1) is 17.1. The average molecular weight is 312 g/mol. The van der Waals surface area contributed by atoms with Crippen LogP contribution in [-0.2, 0) is 17.8 Å². The summed E-state index contributed by atoms with van der Waals surface area (Å²) >= 11 is 0. The van der Waals surface area contributed by atoms with Crippen LogP contribution in [0.2, 0.25) is 0 Å². The highest BCUT2D eigenvalue weighted by molar-refractivity contribution is 5.42. The molecule has 2 rings (SSSR count). The predicted molar refractivity (Wildman–Crippen MR) is 92.9 cm³/mol. The Kier molecular flexibility index (Phi) is 6.70. The van der Waals surface area contributed by atoms with Gasteiger partial charge in [0.15, 0.2) is 6.79 Å². The molecule has 0 radical (unpaired) electrons. The van der Waals surface area contributed by atoms with E-state index in [1.807, 2.05) is 48.5 Å². The van der Waals surface area contributed by atoms with E-state index in [1.165, 1.54) is 5.57 Å². The van der Waals surface area contributed by atoms with E-state index in [1.54, 1.807) is 7.11 Å². The second kappa shape index (κ2) is 9.01. The Morgan fingerprint density at radius 2 is 1.78 bits per heavy atom. The summed E-state index contributed by atoms with van der Waals surface area (Å²) < 4.78 is 16.6. The van der Waals surface area contributed by atoms with Gasteiger partial charge in [-0.15, -0.1) is 0 Å². The Morgan fingerprint density at radius 3 is 2.48 bits per heavy atom. The van der Waals surface area contributed by atoms with Crippen molar-refractivity contribution in [1.29, 1.82) is 0 Å². The van der Waals surface area contributed by atoms with E-state index in [2.05, 4.69) is 19.9 Å². The Balaban J connectivity index is 2.09. The minimum Gasteiger partial charge on any atom is -0.489 e. The Labute approximate surface area is 138 Å². The molecule has 0 unspecified atom stereocenters. The van der Waals surface area contributed by atoms with Crippen molar-refractivity contribution in [3.8, 4) is 11.5 Å². The number of allylic oxidation sites excluding steroid dienone is 2. The lowest BCUT2D eigenvalue weighted by atomic mass is 10.1. The first-order chi connectivity index (χ1) is 11.2. The van der Waals surface area contributed by atoms with Crippen molar-refractivity contribution in [2.45, 2.75) is 26.9 Å². The molecular formula is C20H24O3. The van der Waals surface area contributed by atoms with Crippen LogP contribution in [0.4, 0.5) is 0 Å². The van der Waals surface area contributed by atoms with E-state index in [0.717, 1.165) is 29.0 Å². The maximum absolute atomic E-state index is 5.86. The third-order valence-corrected chi connectivity index (χ3v) is 3.35. The van der Waals surface area contributed by atoms with Crippen LogP contribution in [0.5, 0.6) is 11.5 Å². The average Bonchev–Trinajstić information content (AvgIpc) is 2.57. The van der Waals surface area contributed by atoms with E-state index in [0.29, 0.717) is 6.61 Å². The van der Waals surface area contributed by atoms with Crippen LogP contribution >= 0.6 is 0 Å². The number of rotatable bonds is 8. The van der Waals surface area contributed by atoms with Crippen LogP contribution in [0.1, 0.15) is 25.0 Å². The van der Waals surface area contributed by atoms with Gasteiger partial charge in [-0.3, -0.25) is 0 Å². The molecular weight excluding hydrogens is 288 g/mol. The van der Waals surface area contributed by atoms with Crippen molar-refractivity contribution >= 4 is 0 Å². The molecule has 0 atom stereocenters. The number of hydrogen-bond donors (Lipinski definition) is 0. The fraction of sp³-hybridized carbons (Fsp3) is 0.300. The highest BCUT2D eigenvalue weighted by atomic mass is 16.7. The molecule has 0 saturated carbocycles. The normalized spacial score (nSPS) is 10.2. The van der Waals surface area contributed by atoms with Crippen molar-refractivity contribution in [2.75, 3.05) is 13.9 Å². The number of methoxy groups -OCH3 is 1. The zero-order valence-corrected chi connectivity index (χ0v) is 14.0. The van der Waals surface area contributed by atoms with Gasteiger partial charge >= 0.3 is 0 Å². The first-order valence-electron chi connectivity index (χ1n) is 7.74. The molecule has 122 valence electrons. The molecule has 0 N–H and O–H groups in total. The van der Waals surface area contributed by atoms with Gasteiger partial charge in [-0.05, 0) is 37.5 Å². The molecule has 0 fully saturated rings. The van der Waals surface area contributed by atoms with Gasteiger partial charge in [-0.2, -0.15) is 0 Å². The predicted octanol–water partition coefficient (Wildman–Crippen LogP) is 4.76. The van der Waals surface area contributed by atoms with Gasteiger partial charge in [-0.1, -0.05) is 48.0 Å². The Hall–Kier alpha value is -2.26. The second-order valence-corrected chi connectivity index (χ2v) is 5.58. The molecule has 0 bridgehead atoms.